The first-order chi connectivity index (χ1) is 17.8. The molecule has 0 radical (unpaired) electrons. The number of fused-ring (bicyclic) bond motifs is 3. The third kappa shape index (κ3) is 5.91. The Morgan fingerprint density at radius 3 is 2.13 bits per heavy atom. The molecule has 0 aromatic heterocycles. The van der Waals surface area contributed by atoms with Crippen LogP contribution in [0, 0.1) is 19.3 Å². The van der Waals surface area contributed by atoms with Gasteiger partial charge in [-0.3, -0.25) is 4.90 Å². The van der Waals surface area contributed by atoms with E-state index in [2.05, 4.69) is 30.2 Å². The van der Waals surface area contributed by atoms with Gasteiger partial charge in [0, 0.05) is 44.2 Å². The molecule has 3 aromatic carbocycles. The quantitative estimate of drug-likeness (QED) is 0.366. The van der Waals surface area contributed by atoms with E-state index in [1.807, 2.05) is 29.2 Å². The van der Waals surface area contributed by atoms with Crippen molar-refractivity contribution >= 4 is 18.5 Å². The second-order valence-electron chi connectivity index (χ2n) is 9.64. The molecule has 5 rings (SSSR count). The van der Waals surface area contributed by atoms with E-state index in [1.54, 1.807) is 11.0 Å². The van der Waals surface area contributed by atoms with Crippen molar-refractivity contribution in [2.75, 3.05) is 32.8 Å². The zero-order valence-electron chi connectivity index (χ0n) is 21.6. The van der Waals surface area contributed by atoms with Crippen LogP contribution in [-0.2, 0) is 11.3 Å². The number of halogens is 3. The van der Waals surface area contributed by atoms with Gasteiger partial charge >= 0.3 is 64.5 Å². The van der Waals surface area contributed by atoms with Crippen LogP contribution < -0.4 is 56.8 Å². The summed E-state index contributed by atoms with van der Waals surface area (Å²) in [6.07, 6.45) is 5.09. The summed E-state index contributed by atoms with van der Waals surface area (Å²) in [4.78, 5) is 16.6. The molecule has 0 N–H and O–H groups in total. The molecule has 1 aliphatic carbocycles. The minimum atomic E-state index is -5.15. The summed E-state index contributed by atoms with van der Waals surface area (Å²) in [6, 6.07) is 19.2. The zero-order valence-corrected chi connectivity index (χ0v) is 24.7. The van der Waals surface area contributed by atoms with Gasteiger partial charge in [-0.05, 0) is 40.8 Å². The van der Waals surface area contributed by atoms with Gasteiger partial charge in [-0.15, -0.1) is 11.9 Å². The normalized spacial score (nSPS) is 15.3. The predicted octanol–water partition coefficient (Wildman–Crippen LogP) is 2.10. The Bertz CT molecular complexity index is 1340. The molecule has 1 saturated heterocycles. The van der Waals surface area contributed by atoms with Crippen molar-refractivity contribution < 1.29 is 73.9 Å². The van der Waals surface area contributed by atoms with Crippen LogP contribution >= 0.6 is 0 Å². The van der Waals surface area contributed by atoms with Gasteiger partial charge in [0.1, 0.15) is 6.61 Å². The summed E-state index contributed by atoms with van der Waals surface area (Å²) in [6.45, 7) is -1.18. The minimum absolute atomic E-state index is 0. The van der Waals surface area contributed by atoms with E-state index >= 15 is 0 Å². The second-order valence-corrected chi connectivity index (χ2v) is 9.64. The molecule has 0 spiro atoms. The molecule has 3 aromatic rings. The number of carbonyl (C=O) groups excluding carboxylic acids is 1. The van der Waals surface area contributed by atoms with Gasteiger partial charge in [0.15, 0.2) is 0 Å². The summed E-state index contributed by atoms with van der Waals surface area (Å²) in [7, 11) is 0. The number of piperazine rings is 1. The molecule has 4 nitrogen and oxygen atoms in total. The van der Waals surface area contributed by atoms with Crippen LogP contribution in [0.1, 0.15) is 33.7 Å². The molecule has 1 amide bonds. The molecule has 1 aliphatic heterocycles. The fourth-order valence-corrected chi connectivity index (χ4v) is 5.41. The summed E-state index contributed by atoms with van der Waals surface area (Å²) < 4.78 is 46.4. The van der Waals surface area contributed by atoms with Gasteiger partial charge in [0.25, 0.3) is 0 Å². The summed E-state index contributed by atoms with van der Waals surface area (Å²) >= 11 is 0. The number of carbonyl (C=O) groups is 1. The monoisotopic (exact) mass is 542 g/mol. The molecule has 1 fully saturated rings. The molecule has 0 bridgehead atoms. The minimum Gasteiger partial charge on any atom is -0.448 e. The first kappa shape index (κ1) is 28.9. The van der Waals surface area contributed by atoms with Crippen molar-refractivity contribution in [1.82, 2.24) is 9.80 Å². The Balaban J connectivity index is 0.00000336. The number of hydrogen-bond acceptors (Lipinski definition) is 3. The number of terminal acetylenes is 1. The third-order valence-corrected chi connectivity index (χ3v) is 7.39. The first-order valence-electron chi connectivity index (χ1n) is 12.4. The van der Waals surface area contributed by atoms with Gasteiger partial charge in [0.2, 0.25) is 0 Å². The Hall–Kier alpha value is -2.06. The maximum Gasteiger partial charge on any atom is 1.00 e. The summed E-state index contributed by atoms with van der Waals surface area (Å²) in [5.41, 5.74) is 4.92. The predicted molar refractivity (Wildman–Crippen MR) is 140 cm³/mol. The van der Waals surface area contributed by atoms with Gasteiger partial charge in [-0.25, -0.2) is 4.79 Å². The van der Waals surface area contributed by atoms with Crippen LogP contribution in [0.15, 0.2) is 60.7 Å². The van der Waals surface area contributed by atoms with Crippen molar-refractivity contribution in [3.8, 4) is 23.5 Å². The number of amides is 1. The van der Waals surface area contributed by atoms with E-state index in [0.29, 0.717) is 38.3 Å². The van der Waals surface area contributed by atoms with Gasteiger partial charge in [-0.2, -0.15) is 0 Å². The maximum absolute atomic E-state index is 13.5. The Labute approximate surface area is 264 Å². The second kappa shape index (κ2) is 12.0. The Morgan fingerprint density at radius 2 is 1.58 bits per heavy atom. The molecule has 0 atom stereocenters. The molecular formula is C29H27BF3KN2O2. The Kier molecular flexibility index (Phi) is 9.13. The van der Waals surface area contributed by atoms with Gasteiger partial charge in [-0.1, -0.05) is 66.1 Å². The maximum atomic E-state index is 13.5. The SMILES string of the molecule is C#Cc1cc(CN2CCN(C(=O)OCC3c4ccccc4-c4ccccc43)CC2)cc([B-](F)(F)F)c1C.[K+]. The van der Waals surface area contributed by atoms with Crippen LogP contribution in [0.4, 0.5) is 17.7 Å². The van der Waals surface area contributed by atoms with E-state index in [0.717, 1.165) is 11.1 Å². The zero-order chi connectivity index (χ0) is 26.2. The first-order valence-corrected chi connectivity index (χ1v) is 12.4. The topological polar surface area (TPSA) is 32.8 Å². The van der Waals surface area contributed by atoms with Crippen LogP contribution in [0.5, 0.6) is 0 Å². The number of rotatable bonds is 5. The molecule has 38 heavy (non-hydrogen) atoms. The number of ether oxygens (including phenoxy) is 1. The fourth-order valence-electron chi connectivity index (χ4n) is 5.41. The van der Waals surface area contributed by atoms with Crippen molar-refractivity contribution in [2.24, 2.45) is 0 Å². The fraction of sp³-hybridized carbons (Fsp3) is 0.276. The number of benzene rings is 3. The standard InChI is InChI=1S/C29H27BF3N2O2.K/c1-3-22-16-21(17-28(20(22)2)30(31,32)33)18-34-12-14-35(15-13-34)29(36)37-19-27-25-10-6-4-8-23(25)24-9-5-7-11-26(24)27;/h1,4-11,16-17,27H,12-15,18-19H2,2H3;/q-1;+1. The molecule has 9 heteroatoms. The molecular weight excluding hydrogens is 515 g/mol. The van der Waals surface area contributed by atoms with Gasteiger partial charge < -0.3 is 22.6 Å². The van der Waals surface area contributed by atoms with Crippen molar-refractivity contribution in [1.29, 1.82) is 0 Å². The number of nitrogens with zero attached hydrogens (tertiary/aromatic N) is 2. The molecule has 0 saturated carbocycles. The van der Waals surface area contributed by atoms with Crippen LogP contribution in [0.25, 0.3) is 11.1 Å². The van der Waals surface area contributed by atoms with E-state index in [1.165, 1.54) is 24.1 Å². The van der Waals surface area contributed by atoms with E-state index < -0.39 is 12.4 Å². The van der Waals surface area contributed by atoms with Crippen LogP contribution in [-0.4, -0.2) is 55.7 Å². The van der Waals surface area contributed by atoms with E-state index in [9.17, 15) is 17.7 Å². The average Bonchev–Trinajstić information content (AvgIpc) is 3.21. The van der Waals surface area contributed by atoms with Crippen LogP contribution in [0.3, 0.4) is 0 Å². The van der Waals surface area contributed by atoms with E-state index in [4.69, 9.17) is 11.2 Å². The van der Waals surface area contributed by atoms with Crippen molar-refractivity contribution in [3.63, 3.8) is 0 Å². The average molecular weight is 542 g/mol. The van der Waals surface area contributed by atoms with Gasteiger partial charge in [0.05, 0.1) is 0 Å². The number of hydrogen-bond donors (Lipinski definition) is 0. The summed E-state index contributed by atoms with van der Waals surface area (Å²) in [5.74, 6) is 2.37. The van der Waals surface area contributed by atoms with Crippen molar-refractivity contribution in [2.45, 2.75) is 19.4 Å². The van der Waals surface area contributed by atoms with Crippen molar-refractivity contribution in [3.05, 3.63) is 88.5 Å². The molecule has 2 aliphatic rings. The summed E-state index contributed by atoms with van der Waals surface area (Å²) in [5, 5.41) is 0. The molecule has 1 heterocycles. The van der Waals surface area contributed by atoms with E-state index in [-0.39, 0.29) is 81.1 Å². The largest absolute Gasteiger partial charge is 1.00 e. The third-order valence-electron chi connectivity index (χ3n) is 7.39. The smallest absolute Gasteiger partial charge is 0.448 e. The molecule has 0 unspecified atom stereocenters. The molecule has 190 valence electrons. The Morgan fingerprint density at radius 1 is 1.00 bits per heavy atom. The van der Waals surface area contributed by atoms with Crippen LogP contribution in [0.2, 0.25) is 0 Å².